The lowest BCUT2D eigenvalue weighted by Crippen LogP contribution is -2.51. The van der Waals surface area contributed by atoms with Crippen LogP contribution in [0.15, 0.2) is 0 Å². The number of carboxylic acids is 1. The van der Waals surface area contributed by atoms with Crippen molar-refractivity contribution in [2.75, 3.05) is 6.54 Å². The molecule has 0 aromatic rings. The Kier molecular flexibility index (Phi) is 3.73. The van der Waals surface area contributed by atoms with Crippen LogP contribution in [-0.2, 0) is 4.79 Å². The van der Waals surface area contributed by atoms with Gasteiger partial charge in [-0.1, -0.05) is 19.8 Å². The van der Waals surface area contributed by atoms with Crippen LogP contribution in [0.3, 0.4) is 0 Å². The fourth-order valence-corrected chi connectivity index (χ4v) is 3.16. The molecule has 5 heteroatoms. The van der Waals surface area contributed by atoms with Gasteiger partial charge in [0.2, 0.25) is 0 Å². The number of hydrogen-bond acceptors (Lipinski definition) is 2. The Hall–Kier alpha value is -1.26. The van der Waals surface area contributed by atoms with Crippen LogP contribution in [0.25, 0.3) is 0 Å². The van der Waals surface area contributed by atoms with E-state index >= 15 is 0 Å². The van der Waals surface area contributed by atoms with Gasteiger partial charge in [-0.3, -0.25) is 0 Å². The van der Waals surface area contributed by atoms with Crippen molar-refractivity contribution in [3.8, 4) is 0 Å². The smallest absolute Gasteiger partial charge is 0.326 e. The average molecular weight is 282 g/mol. The van der Waals surface area contributed by atoms with Crippen molar-refractivity contribution >= 4 is 12.0 Å². The summed E-state index contributed by atoms with van der Waals surface area (Å²) < 4.78 is 0. The van der Waals surface area contributed by atoms with Crippen LogP contribution in [0.2, 0.25) is 0 Å². The maximum absolute atomic E-state index is 12.3. The number of aliphatic carboxylic acids is 1. The minimum atomic E-state index is -0.895. The molecule has 1 aliphatic heterocycles. The van der Waals surface area contributed by atoms with Crippen LogP contribution in [0, 0.1) is 11.3 Å². The number of carbonyl (C=O) groups is 2. The average Bonchev–Trinajstić information content (AvgIpc) is 2.96. The molecule has 1 saturated carbocycles. The number of urea groups is 1. The number of hydrogen-bond donors (Lipinski definition) is 2. The van der Waals surface area contributed by atoms with E-state index < -0.39 is 12.0 Å². The van der Waals surface area contributed by atoms with E-state index in [0.29, 0.717) is 13.0 Å². The zero-order valence-corrected chi connectivity index (χ0v) is 12.9. The first-order valence-corrected chi connectivity index (χ1v) is 7.41. The SMILES string of the molecule is CC(C)(C)NC(=O)N1C[C@@](C)(CC2CC2)C[C@H]1C(=O)O. The highest BCUT2D eigenvalue weighted by atomic mass is 16.4. The molecular weight excluding hydrogens is 256 g/mol. The molecule has 2 rings (SSSR count). The fraction of sp³-hybridized carbons (Fsp3) is 0.867. The Balaban J connectivity index is 2.08. The van der Waals surface area contributed by atoms with Gasteiger partial charge in [-0.15, -0.1) is 0 Å². The summed E-state index contributed by atoms with van der Waals surface area (Å²) in [4.78, 5) is 25.3. The second-order valence-electron chi connectivity index (χ2n) is 7.82. The van der Waals surface area contributed by atoms with E-state index in [2.05, 4.69) is 12.2 Å². The Bertz CT molecular complexity index is 412. The lowest BCUT2D eigenvalue weighted by Gasteiger charge is -2.29. The van der Waals surface area contributed by atoms with Gasteiger partial charge in [0.05, 0.1) is 0 Å². The molecule has 20 heavy (non-hydrogen) atoms. The lowest BCUT2D eigenvalue weighted by molar-refractivity contribution is -0.141. The fourth-order valence-electron chi connectivity index (χ4n) is 3.16. The number of carbonyl (C=O) groups excluding carboxylic acids is 1. The maximum atomic E-state index is 12.3. The van der Waals surface area contributed by atoms with Crippen molar-refractivity contribution in [3.05, 3.63) is 0 Å². The van der Waals surface area contributed by atoms with E-state index in [1.54, 1.807) is 0 Å². The topological polar surface area (TPSA) is 69.6 Å². The number of amides is 2. The van der Waals surface area contributed by atoms with Crippen LogP contribution >= 0.6 is 0 Å². The monoisotopic (exact) mass is 282 g/mol. The Labute approximate surface area is 120 Å². The molecule has 2 amide bonds. The minimum absolute atomic E-state index is 0.0561. The van der Waals surface area contributed by atoms with E-state index in [-0.39, 0.29) is 17.0 Å². The number of rotatable bonds is 3. The molecule has 2 atom stereocenters. The summed E-state index contributed by atoms with van der Waals surface area (Å²) in [5, 5.41) is 12.3. The highest BCUT2D eigenvalue weighted by Crippen LogP contribution is 2.46. The molecular formula is C15H26N2O3. The van der Waals surface area contributed by atoms with E-state index in [4.69, 9.17) is 0 Å². The Morgan fingerprint density at radius 3 is 2.40 bits per heavy atom. The summed E-state index contributed by atoms with van der Waals surface area (Å²) in [5.41, 5.74) is -0.408. The number of carboxylic acid groups (broad SMARTS) is 1. The maximum Gasteiger partial charge on any atom is 0.326 e. The molecule has 5 nitrogen and oxygen atoms in total. The molecule has 0 bridgehead atoms. The van der Waals surface area contributed by atoms with Gasteiger partial charge in [0, 0.05) is 12.1 Å². The summed E-state index contributed by atoms with van der Waals surface area (Å²) in [7, 11) is 0. The molecule has 2 aliphatic rings. The van der Waals surface area contributed by atoms with Crippen molar-refractivity contribution in [2.45, 2.75) is 65.0 Å². The third-order valence-corrected chi connectivity index (χ3v) is 4.12. The third-order valence-electron chi connectivity index (χ3n) is 4.12. The normalized spacial score (nSPS) is 30.4. The van der Waals surface area contributed by atoms with Gasteiger partial charge >= 0.3 is 12.0 Å². The van der Waals surface area contributed by atoms with Crippen LogP contribution in [-0.4, -0.2) is 40.1 Å². The zero-order valence-electron chi connectivity index (χ0n) is 12.9. The van der Waals surface area contributed by atoms with Gasteiger partial charge in [-0.25, -0.2) is 9.59 Å². The summed E-state index contributed by atoms with van der Waals surface area (Å²) in [6.07, 6.45) is 4.11. The first kappa shape index (κ1) is 15.1. The van der Waals surface area contributed by atoms with E-state index in [1.807, 2.05) is 20.8 Å². The minimum Gasteiger partial charge on any atom is -0.480 e. The van der Waals surface area contributed by atoms with Gasteiger partial charge in [-0.2, -0.15) is 0 Å². The van der Waals surface area contributed by atoms with Gasteiger partial charge in [0.25, 0.3) is 0 Å². The van der Waals surface area contributed by atoms with Gasteiger partial charge in [0.15, 0.2) is 0 Å². The summed E-state index contributed by atoms with van der Waals surface area (Å²) in [6.45, 7) is 8.37. The zero-order chi connectivity index (χ0) is 15.1. The van der Waals surface area contributed by atoms with Crippen LogP contribution in [0.1, 0.15) is 53.4 Å². The van der Waals surface area contributed by atoms with E-state index in [9.17, 15) is 14.7 Å². The van der Waals surface area contributed by atoms with E-state index in [1.165, 1.54) is 17.7 Å². The second kappa shape index (κ2) is 4.93. The van der Waals surface area contributed by atoms with Gasteiger partial charge < -0.3 is 15.3 Å². The van der Waals surface area contributed by atoms with Crippen molar-refractivity contribution in [2.24, 2.45) is 11.3 Å². The van der Waals surface area contributed by atoms with Gasteiger partial charge in [0.1, 0.15) is 6.04 Å². The summed E-state index contributed by atoms with van der Waals surface area (Å²) >= 11 is 0. The second-order valence-corrected chi connectivity index (χ2v) is 7.82. The molecule has 0 aromatic carbocycles. The van der Waals surface area contributed by atoms with Crippen molar-refractivity contribution in [1.29, 1.82) is 0 Å². The molecule has 1 heterocycles. The molecule has 2 fully saturated rings. The van der Waals surface area contributed by atoms with Crippen molar-refractivity contribution < 1.29 is 14.7 Å². The van der Waals surface area contributed by atoms with Crippen molar-refractivity contribution in [3.63, 3.8) is 0 Å². The highest BCUT2D eigenvalue weighted by molar-refractivity contribution is 5.83. The number of nitrogens with zero attached hydrogens (tertiary/aromatic N) is 1. The molecule has 0 aromatic heterocycles. The quantitative estimate of drug-likeness (QED) is 0.835. The Morgan fingerprint density at radius 1 is 1.35 bits per heavy atom. The van der Waals surface area contributed by atoms with Crippen LogP contribution in [0.5, 0.6) is 0 Å². The number of likely N-dealkylation sites (tertiary alicyclic amines) is 1. The Morgan fingerprint density at radius 2 is 1.95 bits per heavy atom. The van der Waals surface area contributed by atoms with E-state index in [0.717, 1.165) is 12.3 Å². The van der Waals surface area contributed by atoms with Crippen LogP contribution in [0.4, 0.5) is 4.79 Å². The molecule has 114 valence electrons. The lowest BCUT2D eigenvalue weighted by atomic mass is 9.82. The highest BCUT2D eigenvalue weighted by Gasteiger charge is 2.48. The molecule has 0 unspecified atom stereocenters. The van der Waals surface area contributed by atoms with Gasteiger partial charge in [-0.05, 0) is 44.9 Å². The summed E-state index contributed by atoms with van der Waals surface area (Å²) in [6, 6.07) is -0.953. The number of nitrogens with one attached hydrogen (secondary N) is 1. The first-order valence-electron chi connectivity index (χ1n) is 7.41. The standard InChI is InChI=1S/C15H26N2O3/c1-14(2,3)16-13(20)17-9-15(4,7-10-5-6-10)8-11(17)12(18)19/h10-11H,5-9H2,1-4H3,(H,16,20)(H,18,19)/t11-,15-/m0/s1. The van der Waals surface area contributed by atoms with Crippen LogP contribution < -0.4 is 5.32 Å². The molecule has 1 saturated heterocycles. The predicted octanol–water partition coefficient (Wildman–Crippen LogP) is 2.46. The van der Waals surface area contributed by atoms with Crippen molar-refractivity contribution in [1.82, 2.24) is 10.2 Å². The molecule has 0 spiro atoms. The molecule has 0 radical (unpaired) electrons. The predicted molar refractivity (Wildman–Crippen MR) is 76.5 cm³/mol. The molecule has 2 N–H and O–H groups in total. The summed E-state index contributed by atoms with van der Waals surface area (Å²) in [5.74, 6) is -0.159. The largest absolute Gasteiger partial charge is 0.480 e. The first-order chi connectivity index (χ1) is 9.10. The molecule has 1 aliphatic carbocycles. The third kappa shape index (κ3) is 3.64.